The highest BCUT2D eigenvalue weighted by atomic mass is 127. The van der Waals surface area contributed by atoms with Crippen molar-refractivity contribution in [1.82, 2.24) is 10.6 Å². The van der Waals surface area contributed by atoms with Crippen LogP contribution in [-0.2, 0) is 16.6 Å². The summed E-state index contributed by atoms with van der Waals surface area (Å²) in [7, 11) is -3.68. The molecule has 138 valence electrons. The van der Waals surface area contributed by atoms with Gasteiger partial charge in [0.2, 0.25) is 10.0 Å². The SMILES string of the molecule is CCNC(=NCc1cccc(S(N)(=O)=O)c1)NCC(CC)CC.I. The van der Waals surface area contributed by atoms with E-state index in [9.17, 15) is 8.42 Å². The van der Waals surface area contributed by atoms with Gasteiger partial charge in [-0.3, -0.25) is 0 Å². The van der Waals surface area contributed by atoms with Gasteiger partial charge in [-0.1, -0.05) is 38.8 Å². The molecule has 0 atom stereocenters. The molecule has 24 heavy (non-hydrogen) atoms. The minimum absolute atomic E-state index is 0. The second kappa shape index (κ2) is 11.6. The van der Waals surface area contributed by atoms with Crippen molar-refractivity contribution >= 4 is 40.0 Å². The maximum atomic E-state index is 11.4. The van der Waals surface area contributed by atoms with Crippen molar-refractivity contribution in [2.24, 2.45) is 16.0 Å². The first-order chi connectivity index (χ1) is 10.9. The van der Waals surface area contributed by atoms with Crippen LogP contribution in [0.3, 0.4) is 0 Å². The zero-order valence-electron chi connectivity index (χ0n) is 14.6. The fourth-order valence-corrected chi connectivity index (χ4v) is 2.74. The Labute approximate surface area is 162 Å². The zero-order valence-corrected chi connectivity index (χ0v) is 17.7. The van der Waals surface area contributed by atoms with Crippen molar-refractivity contribution in [3.63, 3.8) is 0 Å². The summed E-state index contributed by atoms with van der Waals surface area (Å²) in [5.41, 5.74) is 0.802. The predicted molar refractivity (Wildman–Crippen MR) is 110 cm³/mol. The normalized spacial score (nSPS) is 12.0. The molecular weight excluding hydrogens is 439 g/mol. The Morgan fingerprint density at radius 2 is 1.88 bits per heavy atom. The number of hydrogen-bond acceptors (Lipinski definition) is 3. The summed E-state index contributed by atoms with van der Waals surface area (Å²) in [4.78, 5) is 4.62. The second-order valence-corrected chi connectivity index (χ2v) is 7.01. The smallest absolute Gasteiger partial charge is 0.238 e. The van der Waals surface area contributed by atoms with E-state index in [1.165, 1.54) is 6.07 Å². The number of nitrogens with two attached hydrogens (primary N) is 1. The minimum Gasteiger partial charge on any atom is -0.357 e. The third-order valence-electron chi connectivity index (χ3n) is 3.70. The molecule has 0 aliphatic rings. The summed E-state index contributed by atoms with van der Waals surface area (Å²) < 4.78 is 22.8. The van der Waals surface area contributed by atoms with Gasteiger partial charge in [-0.05, 0) is 30.5 Å². The molecule has 0 amide bonds. The van der Waals surface area contributed by atoms with Crippen molar-refractivity contribution < 1.29 is 8.42 Å². The van der Waals surface area contributed by atoms with Crippen LogP contribution in [0.15, 0.2) is 34.2 Å². The molecule has 0 heterocycles. The molecule has 0 unspecified atom stereocenters. The van der Waals surface area contributed by atoms with Gasteiger partial charge in [0.1, 0.15) is 0 Å². The molecule has 6 nitrogen and oxygen atoms in total. The van der Waals surface area contributed by atoms with E-state index in [0.29, 0.717) is 12.5 Å². The van der Waals surface area contributed by atoms with Crippen LogP contribution in [0, 0.1) is 5.92 Å². The first kappa shape index (κ1) is 23.1. The van der Waals surface area contributed by atoms with Gasteiger partial charge in [0, 0.05) is 13.1 Å². The van der Waals surface area contributed by atoms with E-state index >= 15 is 0 Å². The highest BCUT2D eigenvalue weighted by Crippen LogP contribution is 2.10. The quantitative estimate of drug-likeness (QED) is 0.310. The molecule has 1 rings (SSSR count). The van der Waals surface area contributed by atoms with E-state index in [0.717, 1.165) is 37.5 Å². The number of aliphatic imine (C=N–C) groups is 1. The van der Waals surface area contributed by atoms with Gasteiger partial charge >= 0.3 is 0 Å². The number of nitrogens with one attached hydrogen (secondary N) is 2. The first-order valence-electron chi connectivity index (χ1n) is 8.04. The number of halogens is 1. The number of guanidine groups is 1. The Balaban J connectivity index is 0.00000529. The van der Waals surface area contributed by atoms with Crippen LogP contribution in [0.5, 0.6) is 0 Å². The van der Waals surface area contributed by atoms with Gasteiger partial charge in [-0.25, -0.2) is 18.5 Å². The van der Waals surface area contributed by atoms with E-state index in [1.54, 1.807) is 12.1 Å². The molecule has 0 spiro atoms. The van der Waals surface area contributed by atoms with Crippen LogP contribution in [0.1, 0.15) is 39.2 Å². The van der Waals surface area contributed by atoms with Crippen LogP contribution < -0.4 is 15.8 Å². The monoisotopic (exact) mass is 468 g/mol. The molecule has 1 aromatic carbocycles. The predicted octanol–water partition coefficient (Wildman–Crippen LogP) is 2.44. The lowest BCUT2D eigenvalue weighted by Gasteiger charge is -2.16. The fourth-order valence-electron chi connectivity index (χ4n) is 2.15. The van der Waals surface area contributed by atoms with Crippen molar-refractivity contribution in [1.29, 1.82) is 0 Å². The molecule has 0 fully saturated rings. The Morgan fingerprint density at radius 3 is 2.42 bits per heavy atom. The highest BCUT2D eigenvalue weighted by Gasteiger charge is 2.08. The van der Waals surface area contributed by atoms with Crippen molar-refractivity contribution in [3.05, 3.63) is 29.8 Å². The lowest BCUT2D eigenvalue weighted by atomic mass is 10.0. The third kappa shape index (κ3) is 8.29. The van der Waals surface area contributed by atoms with Crippen LogP contribution in [0.25, 0.3) is 0 Å². The number of hydrogen-bond donors (Lipinski definition) is 3. The standard InChI is InChI=1S/C16H28N4O2S.HI/c1-4-13(5-2)11-19-16(18-6-3)20-12-14-8-7-9-15(10-14)23(17,21)22;/h7-10,13H,4-6,11-12H2,1-3H3,(H2,17,21,22)(H2,18,19,20);1H. The minimum atomic E-state index is -3.68. The average Bonchev–Trinajstić information content (AvgIpc) is 2.53. The van der Waals surface area contributed by atoms with Gasteiger partial charge in [-0.2, -0.15) is 0 Å². The lowest BCUT2D eigenvalue weighted by Crippen LogP contribution is -2.39. The van der Waals surface area contributed by atoms with Crippen molar-refractivity contribution in [2.45, 2.75) is 45.1 Å². The average molecular weight is 468 g/mol. The van der Waals surface area contributed by atoms with Gasteiger partial charge in [0.25, 0.3) is 0 Å². The van der Waals surface area contributed by atoms with Gasteiger partial charge < -0.3 is 10.6 Å². The first-order valence-corrected chi connectivity index (χ1v) is 9.59. The number of rotatable bonds is 8. The maximum Gasteiger partial charge on any atom is 0.238 e. The Hall–Kier alpha value is -0.870. The van der Waals surface area contributed by atoms with E-state index in [-0.39, 0.29) is 28.9 Å². The maximum absolute atomic E-state index is 11.4. The molecule has 0 aliphatic carbocycles. The Morgan fingerprint density at radius 1 is 1.21 bits per heavy atom. The molecule has 0 bridgehead atoms. The largest absolute Gasteiger partial charge is 0.357 e. The second-order valence-electron chi connectivity index (χ2n) is 5.45. The summed E-state index contributed by atoms with van der Waals surface area (Å²) in [6.07, 6.45) is 2.25. The summed E-state index contributed by atoms with van der Waals surface area (Å²) in [5, 5.41) is 11.7. The molecule has 0 aromatic heterocycles. The van der Waals surface area contributed by atoms with Crippen molar-refractivity contribution in [3.8, 4) is 0 Å². The molecule has 8 heteroatoms. The third-order valence-corrected chi connectivity index (χ3v) is 4.61. The number of primary sulfonamides is 1. The fraction of sp³-hybridized carbons (Fsp3) is 0.562. The molecule has 0 saturated carbocycles. The summed E-state index contributed by atoms with van der Waals surface area (Å²) >= 11 is 0. The molecule has 1 aromatic rings. The van der Waals surface area contributed by atoms with Crippen LogP contribution >= 0.6 is 24.0 Å². The van der Waals surface area contributed by atoms with Gasteiger partial charge in [0.05, 0.1) is 11.4 Å². The number of benzene rings is 1. The van der Waals surface area contributed by atoms with E-state index in [4.69, 9.17) is 5.14 Å². The summed E-state index contributed by atoms with van der Waals surface area (Å²) in [6, 6.07) is 6.56. The van der Waals surface area contributed by atoms with E-state index in [1.807, 2.05) is 13.0 Å². The van der Waals surface area contributed by atoms with Gasteiger partial charge in [-0.15, -0.1) is 24.0 Å². The Kier molecular flexibility index (Phi) is 11.2. The van der Waals surface area contributed by atoms with E-state index < -0.39 is 10.0 Å². The number of sulfonamides is 1. The van der Waals surface area contributed by atoms with E-state index in [2.05, 4.69) is 29.5 Å². The zero-order chi connectivity index (χ0) is 17.3. The molecule has 0 aliphatic heterocycles. The summed E-state index contributed by atoms with van der Waals surface area (Å²) in [6.45, 7) is 8.40. The lowest BCUT2D eigenvalue weighted by molar-refractivity contribution is 0.481. The topological polar surface area (TPSA) is 96.6 Å². The summed E-state index contributed by atoms with van der Waals surface area (Å²) in [5.74, 6) is 1.35. The van der Waals surface area contributed by atoms with Gasteiger partial charge in [0.15, 0.2) is 5.96 Å². The number of nitrogens with zero attached hydrogens (tertiary/aromatic N) is 1. The molecule has 0 saturated heterocycles. The van der Waals surface area contributed by atoms with Crippen LogP contribution in [-0.4, -0.2) is 27.5 Å². The van der Waals surface area contributed by atoms with Crippen molar-refractivity contribution in [2.75, 3.05) is 13.1 Å². The molecule has 4 N–H and O–H groups in total. The highest BCUT2D eigenvalue weighted by molar-refractivity contribution is 14.0. The Bertz CT molecular complexity index is 616. The van der Waals surface area contributed by atoms with Crippen LogP contribution in [0.4, 0.5) is 0 Å². The molecular formula is C16H29IN4O2S. The molecule has 0 radical (unpaired) electrons. The van der Waals surface area contributed by atoms with Crippen LogP contribution in [0.2, 0.25) is 0 Å².